The Labute approximate surface area is 110 Å². The Kier molecular flexibility index (Phi) is 6.51. The van der Waals surface area contributed by atoms with E-state index < -0.39 is 10.2 Å². The van der Waals surface area contributed by atoms with Gasteiger partial charge in [0.2, 0.25) is 0 Å². The summed E-state index contributed by atoms with van der Waals surface area (Å²) in [6.45, 7) is 2.65. The van der Waals surface area contributed by atoms with Gasteiger partial charge in [0, 0.05) is 39.9 Å². The molecule has 18 heavy (non-hydrogen) atoms. The summed E-state index contributed by atoms with van der Waals surface area (Å²) in [6.07, 6.45) is 2.37. The molecule has 6 nitrogen and oxygen atoms in total. The van der Waals surface area contributed by atoms with Crippen molar-refractivity contribution in [3.8, 4) is 0 Å². The van der Waals surface area contributed by atoms with E-state index in [0.29, 0.717) is 19.8 Å². The van der Waals surface area contributed by atoms with Crippen LogP contribution in [-0.2, 0) is 14.9 Å². The molecule has 0 spiro atoms. The molecule has 7 heteroatoms. The minimum atomic E-state index is -3.34. The molecule has 0 atom stereocenters. The molecule has 0 radical (unpaired) electrons. The zero-order chi connectivity index (χ0) is 13.6. The van der Waals surface area contributed by atoms with Gasteiger partial charge < -0.3 is 10.1 Å². The minimum Gasteiger partial charge on any atom is -0.381 e. The first kappa shape index (κ1) is 15.8. The molecule has 108 valence electrons. The summed E-state index contributed by atoms with van der Waals surface area (Å²) in [7, 11) is 1.83. The van der Waals surface area contributed by atoms with Crippen LogP contribution < -0.4 is 5.32 Å². The van der Waals surface area contributed by atoms with Crippen LogP contribution in [0.25, 0.3) is 0 Å². The van der Waals surface area contributed by atoms with Crippen LogP contribution in [0, 0.1) is 0 Å². The smallest absolute Gasteiger partial charge is 0.281 e. The van der Waals surface area contributed by atoms with E-state index in [2.05, 4.69) is 5.32 Å². The maximum Gasteiger partial charge on any atom is 0.281 e. The van der Waals surface area contributed by atoms with Crippen molar-refractivity contribution < 1.29 is 13.2 Å². The number of hydrogen-bond donors (Lipinski definition) is 1. The molecule has 0 unspecified atom stereocenters. The van der Waals surface area contributed by atoms with Crippen LogP contribution in [0.5, 0.6) is 0 Å². The van der Waals surface area contributed by atoms with Crippen LogP contribution in [0.4, 0.5) is 0 Å². The van der Waals surface area contributed by atoms with Gasteiger partial charge >= 0.3 is 0 Å². The lowest BCUT2D eigenvalue weighted by Crippen LogP contribution is -2.47. The van der Waals surface area contributed by atoms with Crippen LogP contribution in [0.2, 0.25) is 0 Å². The van der Waals surface area contributed by atoms with Gasteiger partial charge in [0.05, 0.1) is 0 Å². The number of nitrogens with one attached hydrogen (secondary N) is 1. The molecule has 1 fully saturated rings. The van der Waals surface area contributed by atoms with Gasteiger partial charge in [-0.05, 0) is 32.9 Å². The Morgan fingerprint density at radius 1 is 1.28 bits per heavy atom. The Bertz CT molecular complexity index is 328. The third kappa shape index (κ3) is 4.17. The van der Waals surface area contributed by atoms with Crippen molar-refractivity contribution in [1.82, 2.24) is 13.9 Å². The lowest BCUT2D eigenvalue weighted by atomic mass is 10.1. The van der Waals surface area contributed by atoms with Crippen molar-refractivity contribution in [1.29, 1.82) is 0 Å². The summed E-state index contributed by atoms with van der Waals surface area (Å²) < 4.78 is 32.8. The highest BCUT2D eigenvalue weighted by Crippen LogP contribution is 2.17. The zero-order valence-corrected chi connectivity index (χ0v) is 12.4. The molecule has 0 aromatic rings. The van der Waals surface area contributed by atoms with E-state index in [0.717, 1.165) is 25.8 Å². The summed E-state index contributed by atoms with van der Waals surface area (Å²) in [4.78, 5) is 0. The van der Waals surface area contributed by atoms with E-state index in [9.17, 15) is 8.42 Å². The topological polar surface area (TPSA) is 61.9 Å². The monoisotopic (exact) mass is 279 g/mol. The van der Waals surface area contributed by atoms with Crippen molar-refractivity contribution >= 4 is 10.2 Å². The maximum absolute atomic E-state index is 12.3. The van der Waals surface area contributed by atoms with Crippen LogP contribution in [0.15, 0.2) is 0 Å². The van der Waals surface area contributed by atoms with Gasteiger partial charge in [-0.25, -0.2) is 0 Å². The fourth-order valence-corrected chi connectivity index (χ4v) is 3.44. The molecule has 0 amide bonds. The molecule has 1 aliphatic heterocycles. The Hall–Kier alpha value is -0.210. The minimum absolute atomic E-state index is 0.0653. The second-order valence-corrected chi connectivity index (χ2v) is 6.74. The highest BCUT2D eigenvalue weighted by atomic mass is 32.2. The van der Waals surface area contributed by atoms with Crippen LogP contribution in [0.3, 0.4) is 0 Å². The van der Waals surface area contributed by atoms with Gasteiger partial charge in [-0.1, -0.05) is 0 Å². The number of hydrogen-bond acceptors (Lipinski definition) is 4. The van der Waals surface area contributed by atoms with Crippen molar-refractivity contribution in [2.75, 3.05) is 47.4 Å². The molecule has 1 rings (SSSR count). The van der Waals surface area contributed by atoms with Crippen molar-refractivity contribution in [2.24, 2.45) is 0 Å². The fraction of sp³-hybridized carbons (Fsp3) is 1.00. The molecule has 1 heterocycles. The fourth-order valence-electron chi connectivity index (χ4n) is 2.05. The third-order valence-electron chi connectivity index (χ3n) is 3.36. The SMILES string of the molecule is CNCCCN(C)S(=O)(=O)N(C)C1CCOCC1. The third-order valence-corrected chi connectivity index (χ3v) is 5.36. The highest BCUT2D eigenvalue weighted by Gasteiger charge is 2.30. The van der Waals surface area contributed by atoms with Crippen LogP contribution in [0.1, 0.15) is 19.3 Å². The van der Waals surface area contributed by atoms with Crippen LogP contribution >= 0.6 is 0 Å². The second-order valence-electron chi connectivity index (χ2n) is 4.65. The first-order valence-electron chi connectivity index (χ1n) is 6.41. The Balaban J connectivity index is 2.54. The largest absolute Gasteiger partial charge is 0.381 e. The standard InChI is InChI=1S/C11H25N3O3S/c1-12-7-4-8-13(2)18(15,16)14(3)11-5-9-17-10-6-11/h11-12H,4-10H2,1-3H3. The van der Waals surface area contributed by atoms with Gasteiger partial charge in [-0.2, -0.15) is 17.0 Å². The highest BCUT2D eigenvalue weighted by molar-refractivity contribution is 7.86. The normalized spacial score (nSPS) is 18.7. The first-order valence-corrected chi connectivity index (χ1v) is 7.81. The molecular formula is C11H25N3O3S. The van der Waals surface area contributed by atoms with Gasteiger partial charge in [-0.3, -0.25) is 0 Å². The lowest BCUT2D eigenvalue weighted by Gasteiger charge is -2.33. The molecule has 0 aromatic heterocycles. The predicted molar refractivity (Wildman–Crippen MR) is 71.7 cm³/mol. The molecule has 1 saturated heterocycles. The maximum atomic E-state index is 12.3. The number of nitrogens with zero attached hydrogens (tertiary/aromatic N) is 2. The van der Waals surface area contributed by atoms with Gasteiger partial charge in [0.15, 0.2) is 0 Å². The molecule has 0 saturated carbocycles. The summed E-state index contributed by atoms with van der Waals surface area (Å²) in [5.74, 6) is 0. The quantitative estimate of drug-likeness (QED) is 0.660. The zero-order valence-electron chi connectivity index (χ0n) is 11.6. The average molecular weight is 279 g/mol. The molecular weight excluding hydrogens is 254 g/mol. The Morgan fingerprint density at radius 3 is 2.44 bits per heavy atom. The van der Waals surface area contributed by atoms with Gasteiger partial charge in [-0.15, -0.1) is 0 Å². The molecule has 1 N–H and O–H groups in total. The van der Waals surface area contributed by atoms with E-state index in [1.807, 2.05) is 7.05 Å². The summed E-state index contributed by atoms with van der Waals surface area (Å²) >= 11 is 0. The van der Waals surface area contributed by atoms with Gasteiger partial charge in [0.1, 0.15) is 0 Å². The average Bonchev–Trinajstić information content (AvgIpc) is 2.39. The second kappa shape index (κ2) is 7.40. The molecule has 1 aliphatic rings. The summed E-state index contributed by atoms with van der Waals surface area (Å²) in [6, 6.07) is 0.0653. The lowest BCUT2D eigenvalue weighted by molar-refractivity contribution is 0.0620. The van der Waals surface area contributed by atoms with E-state index >= 15 is 0 Å². The van der Waals surface area contributed by atoms with Crippen molar-refractivity contribution in [2.45, 2.75) is 25.3 Å². The van der Waals surface area contributed by atoms with Crippen molar-refractivity contribution in [3.63, 3.8) is 0 Å². The van der Waals surface area contributed by atoms with E-state index in [-0.39, 0.29) is 6.04 Å². The van der Waals surface area contributed by atoms with E-state index in [4.69, 9.17) is 4.74 Å². The number of rotatable bonds is 7. The van der Waals surface area contributed by atoms with E-state index in [1.54, 1.807) is 14.1 Å². The van der Waals surface area contributed by atoms with Crippen LogP contribution in [-0.4, -0.2) is 70.5 Å². The first-order chi connectivity index (χ1) is 8.50. The van der Waals surface area contributed by atoms with E-state index in [1.165, 1.54) is 8.61 Å². The van der Waals surface area contributed by atoms with Gasteiger partial charge in [0.25, 0.3) is 10.2 Å². The number of ether oxygens (including phenoxy) is 1. The summed E-state index contributed by atoms with van der Waals surface area (Å²) in [5.41, 5.74) is 0. The molecule has 0 aliphatic carbocycles. The predicted octanol–water partition coefficient (Wildman–Crippen LogP) is -0.117. The molecule has 0 aromatic carbocycles. The Morgan fingerprint density at radius 2 is 1.89 bits per heavy atom. The van der Waals surface area contributed by atoms with Crippen molar-refractivity contribution in [3.05, 3.63) is 0 Å². The summed E-state index contributed by atoms with van der Waals surface area (Å²) in [5, 5.41) is 3.02. The molecule has 0 bridgehead atoms.